The minimum atomic E-state index is -0.401. The van der Waals surface area contributed by atoms with Crippen molar-refractivity contribution in [2.75, 3.05) is 6.61 Å². The van der Waals surface area contributed by atoms with Gasteiger partial charge in [-0.25, -0.2) is 0 Å². The molecule has 164 valence electrons. The fourth-order valence-electron chi connectivity index (χ4n) is 3.57. The molecule has 0 saturated heterocycles. The lowest BCUT2D eigenvalue weighted by atomic mass is 9.98. The molecule has 1 aromatic heterocycles. The van der Waals surface area contributed by atoms with E-state index in [1.807, 2.05) is 0 Å². The summed E-state index contributed by atoms with van der Waals surface area (Å²) in [5, 5.41) is 29.6. The Labute approximate surface area is 179 Å². The quantitative estimate of drug-likeness (QED) is 0.337. The Balaban J connectivity index is 1.85. The molecule has 0 aliphatic heterocycles. The number of ether oxygens (including phenoxy) is 1. The van der Waals surface area contributed by atoms with Gasteiger partial charge in [-0.3, -0.25) is 9.59 Å². The van der Waals surface area contributed by atoms with Gasteiger partial charge in [0.05, 0.1) is 12.2 Å². The SMILES string of the molecule is CCOC(=O)CCCCCCc1oc2cc(O)cc(O)c2c(=O)c1-c1ccc(O)cc1. The Kier molecular flexibility index (Phi) is 7.18. The highest BCUT2D eigenvalue weighted by Crippen LogP contribution is 2.33. The standard InChI is InChI=1S/C24H26O7/c1-2-30-21(28)8-6-4-3-5-7-19-22(15-9-11-16(25)12-10-15)24(29)23-18(27)13-17(26)14-20(23)31-19/h9-14,25-27H,2-8H2,1H3. The van der Waals surface area contributed by atoms with E-state index in [9.17, 15) is 24.9 Å². The average molecular weight is 426 g/mol. The number of fused-ring (bicyclic) bond motifs is 1. The Morgan fingerprint density at radius 2 is 1.68 bits per heavy atom. The number of carbonyl (C=O) groups excluding carboxylic acids is 1. The molecule has 0 aliphatic rings. The zero-order chi connectivity index (χ0) is 22.4. The lowest BCUT2D eigenvalue weighted by molar-refractivity contribution is -0.143. The van der Waals surface area contributed by atoms with E-state index in [0.29, 0.717) is 36.3 Å². The van der Waals surface area contributed by atoms with E-state index >= 15 is 0 Å². The Hall–Kier alpha value is -3.48. The number of benzene rings is 2. The van der Waals surface area contributed by atoms with Crippen LogP contribution in [0.4, 0.5) is 0 Å². The highest BCUT2D eigenvalue weighted by Gasteiger charge is 2.19. The first-order valence-electron chi connectivity index (χ1n) is 10.4. The van der Waals surface area contributed by atoms with Crippen molar-refractivity contribution in [2.24, 2.45) is 0 Å². The van der Waals surface area contributed by atoms with Gasteiger partial charge in [-0.15, -0.1) is 0 Å². The zero-order valence-corrected chi connectivity index (χ0v) is 17.4. The van der Waals surface area contributed by atoms with Crippen molar-refractivity contribution in [3.8, 4) is 28.4 Å². The number of unbranched alkanes of at least 4 members (excludes halogenated alkanes) is 3. The van der Waals surface area contributed by atoms with Gasteiger partial charge in [0.25, 0.3) is 0 Å². The second-order valence-corrected chi connectivity index (χ2v) is 7.33. The third-order valence-corrected chi connectivity index (χ3v) is 5.03. The van der Waals surface area contributed by atoms with Crippen molar-refractivity contribution in [1.29, 1.82) is 0 Å². The van der Waals surface area contributed by atoms with Crippen LogP contribution in [0.15, 0.2) is 45.6 Å². The van der Waals surface area contributed by atoms with Gasteiger partial charge >= 0.3 is 5.97 Å². The summed E-state index contributed by atoms with van der Waals surface area (Å²) in [6.45, 7) is 2.16. The average Bonchev–Trinajstić information content (AvgIpc) is 2.71. The number of aryl methyl sites for hydroxylation is 1. The molecule has 0 aliphatic carbocycles. The van der Waals surface area contributed by atoms with Gasteiger partial charge in [-0.1, -0.05) is 25.0 Å². The minimum Gasteiger partial charge on any atom is -0.508 e. The van der Waals surface area contributed by atoms with Crippen molar-refractivity contribution in [3.05, 3.63) is 52.4 Å². The first-order chi connectivity index (χ1) is 14.9. The van der Waals surface area contributed by atoms with Gasteiger partial charge in [-0.05, 0) is 37.5 Å². The van der Waals surface area contributed by atoms with Crippen LogP contribution in [0.2, 0.25) is 0 Å². The molecular weight excluding hydrogens is 400 g/mol. The van der Waals surface area contributed by atoms with E-state index < -0.39 is 5.43 Å². The number of phenolic OH excluding ortho intramolecular Hbond substituents is 3. The van der Waals surface area contributed by atoms with E-state index in [4.69, 9.17) is 9.15 Å². The number of esters is 1. The normalized spacial score (nSPS) is 11.0. The number of carbonyl (C=O) groups is 1. The van der Waals surface area contributed by atoms with Gasteiger partial charge < -0.3 is 24.5 Å². The maximum absolute atomic E-state index is 13.2. The lowest BCUT2D eigenvalue weighted by Crippen LogP contribution is -2.09. The minimum absolute atomic E-state index is 0.000869. The molecule has 0 unspecified atom stereocenters. The van der Waals surface area contributed by atoms with Crippen molar-refractivity contribution in [1.82, 2.24) is 0 Å². The molecule has 3 rings (SSSR count). The first kappa shape index (κ1) is 22.2. The number of hydrogen-bond acceptors (Lipinski definition) is 7. The number of rotatable bonds is 9. The number of aromatic hydroxyl groups is 3. The molecule has 0 fully saturated rings. The van der Waals surface area contributed by atoms with E-state index in [1.165, 1.54) is 18.2 Å². The number of hydrogen-bond donors (Lipinski definition) is 3. The summed E-state index contributed by atoms with van der Waals surface area (Å²) in [4.78, 5) is 24.6. The Morgan fingerprint density at radius 3 is 2.39 bits per heavy atom. The maximum atomic E-state index is 13.2. The van der Waals surface area contributed by atoms with Crippen LogP contribution >= 0.6 is 0 Å². The van der Waals surface area contributed by atoms with Crippen LogP contribution in [-0.4, -0.2) is 27.9 Å². The summed E-state index contributed by atoms with van der Waals surface area (Å²) in [5.41, 5.74) is 0.599. The van der Waals surface area contributed by atoms with Crippen molar-refractivity contribution >= 4 is 16.9 Å². The van der Waals surface area contributed by atoms with Gasteiger partial charge in [0, 0.05) is 25.0 Å². The first-order valence-corrected chi connectivity index (χ1v) is 10.4. The molecule has 0 spiro atoms. The maximum Gasteiger partial charge on any atom is 0.305 e. The molecule has 0 amide bonds. The molecule has 0 radical (unpaired) electrons. The molecule has 7 heteroatoms. The molecule has 31 heavy (non-hydrogen) atoms. The fourth-order valence-corrected chi connectivity index (χ4v) is 3.57. The van der Waals surface area contributed by atoms with Crippen LogP contribution in [0, 0.1) is 0 Å². The third-order valence-electron chi connectivity index (χ3n) is 5.03. The molecule has 2 aromatic carbocycles. The molecule has 7 nitrogen and oxygen atoms in total. The number of phenols is 3. The molecule has 0 bridgehead atoms. The molecule has 0 atom stereocenters. The summed E-state index contributed by atoms with van der Waals surface area (Å²) in [6.07, 6.45) is 3.99. The summed E-state index contributed by atoms with van der Waals surface area (Å²) in [6, 6.07) is 8.61. The third kappa shape index (κ3) is 5.36. The largest absolute Gasteiger partial charge is 0.508 e. The summed E-state index contributed by atoms with van der Waals surface area (Å²) < 4.78 is 10.9. The topological polar surface area (TPSA) is 117 Å². The Morgan fingerprint density at radius 1 is 0.968 bits per heavy atom. The highest BCUT2D eigenvalue weighted by atomic mass is 16.5. The summed E-state index contributed by atoms with van der Waals surface area (Å²) >= 11 is 0. The second kappa shape index (κ2) is 10.0. The van der Waals surface area contributed by atoms with Gasteiger partial charge in [-0.2, -0.15) is 0 Å². The zero-order valence-electron chi connectivity index (χ0n) is 17.4. The smallest absolute Gasteiger partial charge is 0.305 e. The second-order valence-electron chi connectivity index (χ2n) is 7.33. The van der Waals surface area contributed by atoms with Crippen LogP contribution in [0.1, 0.15) is 44.8 Å². The van der Waals surface area contributed by atoms with Crippen LogP contribution in [0.3, 0.4) is 0 Å². The molecule has 1 heterocycles. The van der Waals surface area contributed by atoms with Gasteiger partial charge in [0.1, 0.15) is 34.0 Å². The lowest BCUT2D eigenvalue weighted by Gasteiger charge is -2.12. The van der Waals surface area contributed by atoms with Crippen molar-refractivity contribution < 1.29 is 29.3 Å². The monoisotopic (exact) mass is 426 g/mol. The van der Waals surface area contributed by atoms with E-state index in [-0.39, 0.29) is 34.2 Å². The fraction of sp³-hybridized carbons (Fsp3) is 0.333. The van der Waals surface area contributed by atoms with Gasteiger partial charge in [0.2, 0.25) is 5.43 Å². The van der Waals surface area contributed by atoms with E-state index in [1.54, 1.807) is 19.1 Å². The van der Waals surface area contributed by atoms with Crippen LogP contribution in [0.5, 0.6) is 17.2 Å². The molecule has 3 N–H and O–H groups in total. The van der Waals surface area contributed by atoms with Crippen LogP contribution in [0.25, 0.3) is 22.1 Å². The van der Waals surface area contributed by atoms with E-state index in [0.717, 1.165) is 31.7 Å². The van der Waals surface area contributed by atoms with Crippen LogP contribution in [-0.2, 0) is 16.0 Å². The molecule has 0 saturated carbocycles. The van der Waals surface area contributed by atoms with E-state index in [2.05, 4.69) is 0 Å². The van der Waals surface area contributed by atoms with Crippen molar-refractivity contribution in [2.45, 2.75) is 45.4 Å². The summed E-state index contributed by atoms with van der Waals surface area (Å²) in [7, 11) is 0. The predicted octanol–water partition coefficient (Wildman–Crippen LogP) is 4.63. The van der Waals surface area contributed by atoms with Gasteiger partial charge in [0.15, 0.2) is 0 Å². The van der Waals surface area contributed by atoms with Crippen molar-refractivity contribution in [3.63, 3.8) is 0 Å². The Bertz CT molecular complexity index is 1110. The van der Waals surface area contributed by atoms with Crippen LogP contribution < -0.4 is 5.43 Å². The predicted molar refractivity (Wildman–Crippen MR) is 116 cm³/mol. The molecule has 3 aromatic rings. The summed E-state index contributed by atoms with van der Waals surface area (Å²) in [5.74, 6) is -0.231. The highest BCUT2D eigenvalue weighted by molar-refractivity contribution is 5.88. The molecular formula is C24H26O7.